The van der Waals surface area contributed by atoms with Crippen LogP contribution in [0.25, 0.3) is 0 Å². The summed E-state index contributed by atoms with van der Waals surface area (Å²) in [5.74, 6) is 0. The molecule has 0 heterocycles. The van der Waals surface area contributed by atoms with E-state index in [1.807, 2.05) is 0 Å². The SMILES string of the molecule is CC(CCOC(=O)N(O)c1ccccc1)OC(=O)N(O)c1ccccc1. The Morgan fingerprint density at radius 3 is 1.85 bits per heavy atom. The van der Waals surface area contributed by atoms with Gasteiger partial charge in [0.05, 0.1) is 18.0 Å². The maximum Gasteiger partial charge on any atom is 0.438 e. The smallest absolute Gasteiger partial charge is 0.438 e. The number of carbonyl (C=O) groups excluding carboxylic acids is 2. The van der Waals surface area contributed by atoms with Gasteiger partial charge in [0, 0.05) is 6.42 Å². The van der Waals surface area contributed by atoms with Gasteiger partial charge in [0.2, 0.25) is 0 Å². The molecular weight excluding hydrogens is 340 g/mol. The summed E-state index contributed by atoms with van der Waals surface area (Å²) in [5.41, 5.74) is 0.547. The summed E-state index contributed by atoms with van der Waals surface area (Å²) in [7, 11) is 0. The van der Waals surface area contributed by atoms with Crippen molar-refractivity contribution in [3.05, 3.63) is 60.7 Å². The van der Waals surface area contributed by atoms with Gasteiger partial charge in [-0.25, -0.2) is 9.59 Å². The first kappa shape index (κ1) is 19.2. The summed E-state index contributed by atoms with van der Waals surface area (Å²) in [6.07, 6.45) is -2.30. The molecule has 0 saturated heterocycles. The van der Waals surface area contributed by atoms with Crippen molar-refractivity contribution in [2.24, 2.45) is 0 Å². The Morgan fingerprint density at radius 1 is 0.885 bits per heavy atom. The van der Waals surface area contributed by atoms with Gasteiger partial charge >= 0.3 is 12.2 Å². The van der Waals surface area contributed by atoms with Crippen LogP contribution in [0.4, 0.5) is 21.0 Å². The van der Waals surface area contributed by atoms with Crippen LogP contribution in [-0.4, -0.2) is 35.3 Å². The Kier molecular flexibility index (Phi) is 6.95. The van der Waals surface area contributed by atoms with Crippen LogP contribution in [0.2, 0.25) is 0 Å². The molecule has 1 atom stereocenters. The fourth-order valence-electron chi connectivity index (χ4n) is 2.00. The van der Waals surface area contributed by atoms with E-state index in [1.165, 1.54) is 0 Å². The minimum atomic E-state index is -0.942. The molecule has 0 bridgehead atoms. The van der Waals surface area contributed by atoms with Gasteiger partial charge < -0.3 is 9.47 Å². The zero-order valence-electron chi connectivity index (χ0n) is 14.2. The Labute approximate surface area is 150 Å². The maximum absolute atomic E-state index is 11.8. The van der Waals surface area contributed by atoms with Gasteiger partial charge in [0.1, 0.15) is 6.10 Å². The Balaban J connectivity index is 1.74. The van der Waals surface area contributed by atoms with Gasteiger partial charge in [-0.05, 0) is 31.2 Å². The third kappa shape index (κ3) is 5.47. The van der Waals surface area contributed by atoms with E-state index in [9.17, 15) is 20.0 Å². The molecule has 0 aliphatic heterocycles. The number of hydroxylamine groups is 2. The molecule has 2 amide bonds. The third-order valence-corrected chi connectivity index (χ3v) is 3.40. The van der Waals surface area contributed by atoms with Crippen molar-refractivity contribution in [1.29, 1.82) is 0 Å². The molecule has 2 rings (SSSR count). The van der Waals surface area contributed by atoms with Gasteiger partial charge in [-0.1, -0.05) is 36.4 Å². The molecule has 0 spiro atoms. The summed E-state index contributed by atoms with van der Waals surface area (Å²) in [4.78, 5) is 23.6. The highest BCUT2D eigenvalue weighted by Crippen LogP contribution is 2.14. The predicted molar refractivity (Wildman–Crippen MR) is 93.3 cm³/mol. The van der Waals surface area contributed by atoms with E-state index in [4.69, 9.17) is 9.47 Å². The highest BCUT2D eigenvalue weighted by Gasteiger charge is 2.19. The zero-order chi connectivity index (χ0) is 18.9. The van der Waals surface area contributed by atoms with Gasteiger partial charge in [-0.15, -0.1) is 0 Å². The van der Waals surface area contributed by atoms with Crippen LogP contribution in [-0.2, 0) is 9.47 Å². The molecule has 2 aromatic carbocycles. The van der Waals surface area contributed by atoms with Gasteiger partial charge in [-0.3, -0.25) is 10.4 Å². The second-order valence-corrected chi connectivity index (χ2v) is 5.39. The second kappa shape index (κ2) is 9.40. The maximum atomic E-state index is 11.8. The van der Waals surface area contributed by atoms with Crippen LogP contribution >= 0.6 is 0 Å². The lowest BCUT2D eigenvalue weighted by molar-refractivity contribution is 0.0661. The largest absolute Gasteiger partial charge is 0.447 e. The van der Waals surface area contributed by atoms with Crippen molar-refractivity contribution in [3.63, 3.8) is 0 Å². The zero-order valence-corrected chi connectivity index (χ0v) is 14.2. The standard InChI is InChI=1S/C18H20N2O6/c1-14(26-18(22)20(24)16-10-6-3-7-11-16)12-13-25-17(21)19(23)15-8-4-2-5-9-15/h2-11,14,23-24H,12-13H2,1H3. The molecule has 8 heteroatoms. The van der Waals surface area contributed by atoms with Crippen LogP contribution < -0.4 is 10.1 Å². The number of rotatable bonds is 6. The van der Waals surface area contributed by atoms with Gasteiger partial charge in [-0.2, -0.15) is 10.1 Å². The van der Waals surface area contributed by atoms with Gasteiger partial charge in [0.25, 0.3) is 0 Å². The van der Waals surface area contributed by atoms with E-state index in [0.29, 0.717) is 10.1 Å². The molecule has 8 nitrogen and oxygen atoms in total. The fraction of sp³-hybridized carbons (Fsp3) is 0.222. The molecule has 0 aliphatic rings. The quantitative estimate of drug-likeness (QED) is 0.600. The van der Waals surface area contributed by atoms with Crippen LogP contribution in [0.3, 0.4) is 0 Å². The van der Waals surface area contributed by atoms with E-state index in [0.717, 1.165) is 0 Å². The van der Waals surface area contributed by atoms with Crippen molar-refractivity contribution in [3.8, 4) is 0 Å². The van der Waals surface area contributed by atoms with Crippen molar-refractivity contribution in [2.45, 2.75) is 19.4 Å². The fourth-order valence-corrected chi connectivity index (χ4v) is 2.00. The monoisotopic (exact) mass is 360 g/mol. The average Bonchev–Trinajstić information content (AvgIpc) is 2.68. The van der Waals surface area contributed by atoms with E-state index >= 15 is 0 Å². The summed E-state index contributed by atoms with van der Waals surface area (Å²) in [5, 5.41) is 20.3. The molecule has 2 N–H and O–H groups in total. The number of para-hydroxylation sites is 2. The van der Waals surface area contributed by atoms with Crippen molar-refractivity contribution >= 4 is 23.6 Å². The number of nitrogens with zero attached hydrogens (tertiary/aromatic N) is 2. The van der Waals surface area contributed by atoms with E-state index in [2.05, 4.69) is 0 Å². The Hall–Kier alpha value is -3.10. The molecule has 138 valence electrons. The Bertz CT molecular complexity index is 710. The van der Waals surface area contributed by atoms with Crippen molar-refractivity contribution < 1.29 is 29.5 Å². The van der Waals surface area contributed by atoms with Crippen molar-refractivity contribution in [1.82, 2.24) is 0 Å². The average molecular weight is 360 g/mol. The van der Waals surface area contributed by atoms with Crippen molar-refractivity contribution in [2.75, 3.05) is 16.7 Å². The second-order valence-electron chi connectivity index (χ2n) is 5.39. The predicted octanol–water partition coefficient (Wildman–Crippen LogP) is 3.83. The number of ether oxygens (including phenoxy) is 2. The minimum absolute atomic E-state index is 0.0755. The summed E-state index contributed by atoms with van der Waals surface area (Å²) in [6, 6.07) is 16.4. The van der Waals surface area contributed by atoms with E-state index in [1.54, 1.807) is 67.6 Å². The third-order valence-electron chi connectivity index (χ3n) is 3.40. The molecule has 26 heavy (non-hydrogen) atoms. The summed E-state index contributed by atoms with van der Waals surface area (Å²) < 4.78 is 9.99. The molecule has 1 unspecified atom stereocenters. The molecule has 2 aromatic rings. The number of anilines is 2. The molecular formula is C18H20N2O6. The topological polar surface area (TPSA) is 99.5 Å². The number of hydrogen-bond acceptors (Lipinski definition) is 6. The first-order valence-corrected chi connectivity index (χ1v) is 7.94. The number of amides is 2. The van der Waals surface area contributed by atoms with E-state index < -0.39 is 18.3 Å². The number of benzene rings is 2. The summed E-state index contributed by atoms with van der Waals surface area (Å²) >= 11 is 0. The molecule has 0 aromatic heterocycles. The Morgan fingerprint density at radius 2 is 1.35 bits per heavy atom. The van der Waals surface area contributed by atoms with Crippen LogP contribution in [0.5, 0.6) is 0 Å². The van der Waals surface area contributed by atoms with Crippen LogP contribution in [0, 0.1) is 0 Å². The number of carbonyl (C=O) groups is 2. The highest BCUT2D eigenvalue weighted by molar-refractivity contribution is 5.85. The molecule has 0 radical (unpaired) electrons. The first-order valence-electron chi connectivity index (χ1n) is 7.94. The van der Waals surface area contributed by atoms with Crippen LogP contribution in [0.1, 0.15) is 13.3 Å². The lowest BCUT2D eigenvalue weighted by Crippen LogP contribution is -2.32. The van der Waals surface area contributed by atoms with E-state index in [-0.39, 0.29) is 24.4 Å². The first-order chi connectivity index (χ1) is 12.5. The highest BCUT2D eigenvalue weighted by atomic mass is 16.6. The van der Waals surface area contributed by atoms with Gasteiger partial charge in [0.15, 0.2) is 0 Å². The summed E-state index contributed by atoms with van der Waals surface area (Å²) in [6.45, 7) is 1.52. The molecule has 0 fully saturated rings. The lowest BCUT2D eigenvalue weighted by atomic mass is 10.3. The minimum Gasteiger partial charge on any atom is -0.447 e. The number of hydrogen-bond donors (Lipinski definition) is 2. The molecule has 0 saturated carbocycles. The lowest BCUT2D eigenvalue weighted by Gasteiger charge is -2.19. The van der Waals surface area contributed by atoms with Crippen LogP contribution in [0.15, 0.2) is 60.7 Å². The normalized spacial score (nSPS) is 11.3. The molecule has 0 aliphatic carbocycles.